The normalized spacial score (nSPS) is 13.3. The number of nitrogens with zero attached hydrogens (tertiary/aromatic N) is 1. The van der Waals surface area contributed by atoms with Gasteiger partial charge in [-0.15, -0.1) is 0 Å². The van der Waals surface area contributed by atoms with E-state index in [1.165, 1.54) is 0 Å². The fraction of sp³-hybridized carbons (Fsp3) is 0.909. The molecule has 0 aromatic carbocycles. The van der Waals surface area contributed by atoms with Crippen molar-refractivity contribution in [3.63, 3.8) is 0 Å². The Morgan fingerprint density at radius 3 is 2.40 bits per heavy atom. The van der Waals surface area contributed by atoms with Crippen LogP contribution < -0.4 is 11.1 Å². The smallest absolute Gasteiger partial charge is 0.237 e. The van der Waals surface area contributed by atoms with Crippen molar-refractivity contribution in [2.75, 3.05) is 27.2 Å². The van der Waals surface area contributed by atoms with E-state index in [0.717, 1.165) is 25.9 Å². The fourth-order valence-electron chi connectivity index (χ4n) is 1.19. The maximum atomic E-state index is 11.4. The average molecular weight is 215 g/mol. The minimum absolute atomic E-state index is 0.0325. The zero-order valence-corrected chi connectivity index (χ0v) is 10.4. The van der Waals surface area contributed by atoms with Gasteiger partial charge in [-0.1, -0.05) is 13.8 Å². The van der Waals surface area contributed by atoms with Gasteiger partial charge >= 0.3 is 0 Å². The molecule has 4 heteroatoms. The largest absolute Gasteiger partial charge is 0.355 e. The van der Waals surface area contributed by atoms with Gasteiger partial charge < -0.3 is 16.0 Å². The number of nitrogens with one attached hydrogen (secondary N) is 1. The van der Waals surface area contributed by atoms with Gasteiger partial charge in [-0.2, -0.15) is 0 Å². The lowest BCUT2D eigenvalue weighted by Crippen LogP contribution is -2.44. The molecule has 0 rings (SSSR count). The van der Waals surface area contributed by atoms with Crippen LogP contribution in [0.3, 0.4) is 0 Å². The Bertz CT molecular complexity index is 181. The molecule has 0 spiro atoms. The highest BCUT2D eigenvalue weighted by atomic mass is 16.2. The molecule has 0 bridgehead atoms. The van der Waals surface area contributed by atoms with E-state index in [0.29, 0.717) is 0 Å². The molecule has 90 valence electrons. The van der Waals surface area contributed by atoms with E-state index >= 15 is 0 Å². The van der Waals surface area contributed by atoms with Gasteiger partial charge in [0.05, 0.1) is 6.04 Å². The SMILES string of the molecule is CC(C)[C@H](N)C(=O)NCCCCN(C)C. The topological polar surface area (TPSA) is 58.4 Å². The average Bonchev–Trinajstić information content (AvgIpc) is 2.15. The first kappa shape index (κ1) is 14.4. The molecule has 0 unspecified atom stereocenters. The lowest BCUT2D eigenvalue weighted by Gasteiger charge is -2.15. The maximum Gasteiger partial charge on any atom is 0.237 e. The summed E-state index contributed by atoms with van der Waals surface area (Å²) in [5.41, 5.74) is 5.70. The lowest BCUT2D eigenvalue weighted by molar-refractivity contribution is -0.123. The summed E-state index contributed by atoms with van der Waals surface area (Å²) in [7, 11) is 4.10. The van der Waals surface area contributed by atoms with Crippen LogP contribution in [0.2, 0.25) is 0 Å². The molecule has 0 aliphatic rings. The Balaban J connectivity index is 3.47. The second-order valence-electron chi connectivity index (χ2n) is 4.57. The highest BCUT2D eigenvalue weighted by molar-refractivity contribution is 5.81. The van der Waals surface area contributed by atoms with Crippen LogP contribution in [0.15, 0.2) is 0 Å². The lowest BCUT2D eigenvalue weighted by atomic mass is 10.1. The Labute approximate surface area is 93.2 Å². The third-order valence-corrected chi connectivity index (χ3v) is 2.35. The Morgan fingerprint density at radius 2 is 1.93 bits per heavy atom. The van der Waals surface area contributed by atoms with Gasteiger partial charge in [-0.25, -0.2) is 0 Å². The monoisotopic (exact) mass is 215 g/mol. The third-order valence-electron chi connectivity index (χ3n) is 2.35. The molecule has 0 heterocycles. The molecular weight excluding hydrogens is 190 g/mol. The maximum absolute atomic E-state index is 11.4. The van der Waals surface area contributed by atoms with Crippen molar-refractivity contribution in [1.29, 1.82) is 0 Å². The van der Waals surface area contributed by atoms with E-state index in [9.17, 15) is 4.79 Å². The van der Waals surface area contributed by atoms with Crippen molar-refractivity contribution in [2.24, 2.45) is 11.7 Å². The van der Waals surface area contributed by atoms with Gasteiger partial charge in [0.2, 0.25) is 5.91 Å². The van der Waals surface area contributed by atoms with Crippen LogP contribution in [0.4, 0.5) is 0 Å². The second-order valence-corrected chi connectivity index (χ2v) is 4.57. The molecule has 0 aliphatic heterocycles. The molecule has 0 aromatic heterocycles. The van der Waals surface area contributed by atoms with Gasteiger partial charge in [-0.05, 0) is 39.4 Å². The highest BCUT2D eigenvalue weighted by Crippen LogP contribution is 1.98. The van der Waals surface area contributed by atoms with E-state index in [1.54, 1.807) is 0 Å². The summed E-state index contributed by atoms with van der Waals surface area (Å²) in [5.74, 6) is 0.168. The minimum Gasteiger partial charge on any atom is -0.355 e. The summed E-state index contributed by atoms with van der Waals surface area (Å²) in [6, 6.07) is -0.376. The highest BCUT2D eigenvalue weighted by Gasteiger charge is 2.15. The summed E-state index contributed by atoms with van der Waals surface area (Å²) in [6.07, 6.45) is 2.11. The van der Waals surface area contributed by atoms with Gasteiger partial charge in [0, 0.05) is 6.54 Å². The van der Waals surface area contributed by atoms with Crippen LogP contribution in [0.5, 0.6) is 0 Å². The fourth-order valence-corrected chi connectivity index (χ4v) is 1.19. The van der Waals surface area contributed by atoms with Crippen LogP contribution >= 0.6 is 0 Å². The first-order chi connectivity index (χ1) is 6.95. The molecule has 0 fully saturated rings. The van der Waals surface area contributed by atoms with Crippen molar-refractivity contribution < 1.29 is 4.79 Å². The van der Waals surface area contributed by atoms with Crippen LogP contribution in [0, 0.1) is 5.92 Å². The van der Waals surface area contributed by atoms with E-state index in [-0.39, 0.29) is 17.9 Å². The quantitative estimate of drug-likeness (QED) is 0.605. The number of hydrogen-bond donors (Lipinski definition) is 2. The number of amides is 1. The summed E-state index contributed by atoms with van der Waals surface area (Å²) < 4.78 is 0. The number of rotatable bonds is 7. The summed E-state index contributed by atoms with van der Waals surface area (Å²) in [5, 5.41) is 2.86. The second kappa shape index (κ2) is 7.65. The zero-order valence-electron chi connectivity index (χ0n) is 10.4. The summed E-state index contributed by atoms with van der Waals surface area (Å²) in [4.78, 5) is 13.6. The van der Waals surface area contributed by atoms with E-state index in [1.807, 2.05) is 27.9 Å². The number of nitrogens with two attached hydrogens (primary N) is 1. The summed E-state index contributed by atoms with van der Waals surface area (Å²) in [6.45, 7) is 5.70. The van der Waals surface area contributed by atoms with Crippen LogP contribution in [0.1, 0.15) is 26.7 Å². The first-order valence-electron chi connectivity index (χ1n) is 5.63. The standard InChI is InChI=1S/C11H25N3O/c1-9(2)10(12)11(15)13-7-5-6-8-14(3)4/h9-10H,5-8,12H2,1-4H3,(H,13,15)/t10-/m0/s1. The van der Waals surface area contributed by atoms with Crippen LogP contribution in [-0.2, 0) is 4.79 Å². The molecule has 4 nitrogen and oxygen atoms in total. The van der Waals surface area contributed by atoms with Gasteiger partial charge in [0.1, 0.15) is 0 Å². The minimum atomic E-state index is -0.376. The van der Waals surface area contributed by atoms with Gasteiger partial charge in [0.25, 0.3) is 0 Å². The molecule has 0 radical (unpaired) electrons. The van der Waals surface area contributed by atoms with Crippen molar-refractivity contribution in [2.45, 2.75) is 32.7 Å². The van der Waals surface area contributed by atoms with Gasteiger partial charge in [-0.3, -0.25) is 4.79 Å². The first-order valence-corrected chi connectivity index (χ1v) is 5.63. The molecule has 3 N–H and O–H groups in total. The molecule has 0 aliphatic carbocycles. The zero-order chi connectivity index (χ0) is 11.8. The number of unbranched alkanes of at least 4 members (excludes halogenated alkanes) is 1. The summed E-state index contributed by atoms with van der Waals surface area (Å²) >= 11 is 0. The predicted molar refractivity (Wildman–Crippen MR) is 63.6 cm³/mol. The molecule has 1 atom stereocenters. The van der Waals surface area contributed by atoms with E-state index in [2.05, 4.69) is 10.2 Å². The third kappa shape index (κ3) is 7.33. The molecule has 0 saturated carbocycles. The molecular formula is C11H25N3O. The van der Waals surface area contributed by atoms with Crippen molar-refractivity contribution in [3.05, 3.63) is 0 Å². The van der Waals surface area contributed by atoms with Crippen molar-refractivity contribution in [3.8, 4) is 0 Å². The molecule has 0 saturated heterocycles. The number of hydrogen-bond acceptors (Lipinski definition) is 3. The van der Waals surface area contributed by atoms with Crippen molar-refractivity contribution >= 4 is 5.91 Å². The molecule has 0 aromatic rings. The van der Waals surface area contributed by atoms with Crippen molar-refractivity contribution in [1.82, 2.24) is 10.2 Å². The number of carbonyl (C=O) groups excluding carboxylic acids is 1. The number of carbonyl (C=O) groups is 1. The molecule has 15 heavy (non-hydrogen) atoms. The Hall–Kier alpha value is -0.610. The predicted octanol–water partition coefficient (Wildman–Crippen LogP) is 0.428. The Kier molecular flexibility index (Phi) is 7.34. The van der Waals surface area contributed by atoms with Gasteiger partial charge in [0.15, 0.2) is 0 Å². The van der Waals surface area contributed by atoms with E-state index in [4.69, 9.17) is 5.73 Å². The Morgan fingerprint density at radius 1 is 1.33 bits per heavy atom. The van der Waals surface area contributed by atoms with Crippen LogP contribution in [-0.4, -0.2) is 44.0 Å². The van der Waals surface area contributed by atoms with E-state index < -0.39 is 0 Å². The van der Waals surface area contributed by atoms with Crippen LogP contribution in [0.25, 0.3) is 0 Å². The molecule has 1 amide bonds.